The number of halogens is 3. The van der Waals surface area contributed by atoms with Gasteiger partial charge in [-0.3, -0.25) is 9.59 Å². The molecular formula is C22H21BrCl2O4. The van der Waals surface area contributed by atoms with Gasteiger partial charge in [-0.15, -0.1) is 11.6 Å². The Hall–Kier alpha value is -1.82. The van der Waals surface area contributed by atoms with Crippen LogP contribution in [0.4, 0.5) is 0 Å². The molecule has 2 aromatic rings. The molecule has 2 rings (SSSR count). The van der Waals surface area contributed by atoms with Gasteiger partial charge in [-0.25, -0.2) is 0 Å². The van der Waals surface area contributed by atoms with E-state index in [0.29, 0.717) is 11.1 Å². The van der Waals surface area contributed by atoms with Crippen molar-refractivity contribution in [2.45, 2.75) is 19.2 Å². The van der Waals surface area contributed by atoms with Crippen molar-refractivity contribution < 1.29 is 19.1 Å². The molecule has 0 aliphatic rings. The lowest BCUT2D eigenvalue weighted by Crippen LogP contribution is -2.44. The van der Waals surface area contributed by atoms with Gasteiger partial charge in [0.1, 0.15) is 0 Å². The molecule has 0 spiro atoms. The SMILES string of the molecule is CCOC(=O)C(/C=C(\Cl)c1ccccc1)(C(=O)OCC)C(Cl)c1cccc(Br)c1. The van der Waals surface area contributed by atoms with E-state index in [9.17, 15) is 9.59 Å². The molecule has 0 heterocycles. The van der Waals surface area contributed by atoms with Gasteiger partial charge in [-0.05, 0) is 43.2 Å². The fourth-order valence-corrected chi connectivity index (χ4v) is 3.88. The summed E-state index contributed by atoms with van der Waals surface area (Å²) in [5, 5.41) is -0.928. The summed E-state index contributed by atoms with van der Waals surface area (Å²) in [5.74, 6) is -1.65. The van der Waals surface area contributed by atoms with Crippen LogP contribution in [-0.2, 0) is 19.1 Å². The van der Waals surface area contributed by atoms with E-state index in [1.54, 1.807) is 56.3 Å². The van der Waals surface area contributed by atoms with Crippen LogP contribution >= 0.6 is 39.1 Å². The van der Waals surface area contributed by atoms with Crippen LogP contribution in [0.15, 0.2) is 65.1 Å². The number of carbonyl (C=O) groups excluding carboxylic acids is 2. The molecular weight excluding hydrogens is 479 g/mol. The maximum Gasteiger partial charge on any atom is 0.329 e. The second-order valence-electron chi connectivity index (χ2n) is 6.09. The zero-order valence-electron chi connectivity index (χ0n) is 16.0. The molecule has 7 heteroatoms. The third-order valence-corrected chi connectivity index (χ3v) is 5.59. The van der Waals surface area contributed by atoms with Gasteiger partial charge in [0.05, 0.1) is 18.6 Å². The van der Waals surface area contributed by atoms with E-state index in [0.717, 1.165) is 4.47 Å². The molecule has 2 aromatic carbocycles. The number of benzene rings is 2. The van der Waals surface area contributed by atoms with E-state index in [4.69, 9.17) is 32.7 Å². The van der Waals surface area contributed by atoms with Crippen LogP contribution in [0, 0.1) is 5.41 Å². The molecule has 0 aromatic heterocycles. The Bertz CT molecular complexity index is 865. The minimum Gasteiger partial charge on any atom is -0.465 e. The highest BCUT2D eigenvalue weighted by Gasteiger charge is 2.54. The first-order valence-electron chi connectivity index (χ1n) is 9.04. The van der Waals surface area contributed by atoms with Gasteiger partial charge in [-0.2, -0.15) is 0 Å². The molecule has 4 nitrogen and oxygen atoms in total. The molecule has 29 heavy (non-hydrogen) atoms. The van der Waals surface area contributed by atoms with Crippen molar-refractivity contribution >= 4 is 56.1 Å². The second kappa shape index (κ2) is 10.8. The molecule has 0 saturated carbocycles. The second-order valence-corrected chi connectivity index (χ2v) is 7.85. The van der Waals surface area contributed by atoms with E-state index in [1.165, 1.54) is 6.08 Å². The van der Waals surface area contributed by atoms with Crippen LogP contribution in [0.5, 0.6) is 0 Å². The summed E-state index contributed by atoms with van der Waals surface area (Å²) in [6, 6.07) is 16.0. The van der Waals surface area contributed by atoms with Crippen LogP contribution in [0.2, 0.25) is 0 Å². The molecule has 0 fully saturated rings. The largest absolute Gasteiger partial charge is 0.465 e. The maximum absolute atomic E-state index is 13.1. The van der Waals surface area contributed by atoms with Crippen molar-refractivity contribution in [3.63, 3.8) is 0 Å². The fraction of sp³-hybridized carbons (Fsp3) is 0.273. The number of rotatable bonds is 8. The number of esters is 2. The van der Waals surface area contributed by atoms with Crippen LogP contribution in [0.25, 0.3) is 5.03 Å². The van der Waals surface area contributed by atoms with E-state index in [1.807, 2.05) is 12.1 Å². The molecule has 0 bridgehead atoms. The van der Waals surface area contributed by atoms with E-state index < -0.39 is 22.7 Å². The number of hydrogen-bond acceptors (Lipinski definition) is 4. The standard InChI is InChI=1S/C22H21BrCl2O4/c1-3-28-20(26)22(21(27)29-4-2,14-18(24)15-9-6-5-7-10-15)19(25)16-11-8-12-17(23)13-16/h5-14,19H,3-4H2,1-2H3/b18-14-. The highest BCUT2D eigenvalue weighted by molar-refractivity contribution is 9.10. The Morgan fingerprint density at radius 3 is 2.14 bits per heavy atom. The Kier molecular flexibility index (Phi) is 8.75. The van der Waals surface area contributed by atoms with Crippen molar-refractivity contribution in [2.24, 2.45) is 5.41 Å². The van der Waals surface area contributed by atoms with Crippen LogP contribution in [0.3, 0.4) is 0 Å². The zero-order chi connectivity index (χ0) is 21.4. The lowest BCUT2D eigenvalue weighted by atomic mass is 9.80. The van der Waals surface area contributed by atoms with Crippen molar-refractivity contribution in [3.8, 4) is 0 Å². The first-order valence-corrected chi connectivity index (χ1v) is 10.6. The van der Waals surface area contributed by atoms with Crippen molar-refractivity contribution in [3.05, 3.63) is 76.3 Å². The van der Waals surface area contributed by atoms with Crippen LogP contribution < -0.4 is 0 Å². The highest BCUT2D eigenvalue weighted by Crippen LogP contribution is 2.46. The van der Waals surface area contributed by atoms with Crippen molar-refractivity contribution in [2.75, 3.05) is 13.2 Å². The summed E-state index contributed by atoms with van der Waals surface area (Å²) in [6.45, 7) is 3.44. The Labute approximate surface area is 188 Å². The molecule has 0 amide bonds. The molecule has 0 radical (unpaired) electrons. The monoisotopic (exact) mass is 498 g/mol. The molecule has 0 N–H and O–H groups in total. The normalized spacial score (nSPS) is 12.9. The number of alkyl halides is 1. The van der Waals surface area contributed by atoms with Crippen molar-refractivity contribution in [1.82, 2.24) is 0 Å². The average molecular weight is 500 g/mol. The van der Waals surface area contributed by atoms with Crippen molar-refractivity contribution in [1.29, 1.82) is 0 Å². The summed E-state index contributed by atoms with van der Waals surface area (Å²) in [4.78, 5) is 26.3. The van der Waals surface area contributed by atoms with Gasteiger partial charge in [-0.1, -0.05) is 70.0 Å². The predicted octanol–water partition coefficient (Wildman–Crippen LogP) is 6.12. The fourth-order valence-electron chi connectivity index (χ4n) is 2.79. The van der Waals surface area contributed by atoms with E-state index >= 15 is 0 Å². The predicted molar refractivity (Wildman–Crippen MR) is 119 cm³/mol. The van der Waals surface area contributed by atoms with Gasteiger partial charge < -0.3 is 9.47 Å². The number of carbonyl (C=O) groups is 2. The van der Waals surface area contributed by atoms with Gasteiger partial charge in [0, 0.05) is 9.51 Å². The summed E-state index contributed by atoms with van der Waals surface area (Å²) in [6.07, 6.45) is 1.33. The number of hydrogen-bond donors (Lipinski definition) is 0. The maximum atomic E-state index is 13.1. The van der Waals surface area contributed by atoms with E-state index in [2.05, 4.69) is 15.9 Å². The smallest absolute Gasteiger partial charge is 0.329 e. The highest BCUT2D eigenvalue weighted by atomic mass is 79.9. The first-order chi connectivity index (χ1) is 13.9. The summed E-state index contributed by atoms with van der Waals surface area (Å²) < 4.78 is 11.2. The Balaban J connectivity index is 2.72. The Morgan fingerprint density at radius 2 is 1.62 bits per heavy atom. The average Bonchev–Trinajstić information content (AvgIpc) is 2.72. The van der Waals surface area contributed by atoms with E-state index in [-0.39, 0.29) is 18.2 Å². The molecule has 0 saturated heterocycles. The first kappa shape index (κ1) is 23.5. The third-order valence-electron chi connectivity index (χ3n) is 4.17. The number of ether oxygens (including phenoxy) is 2. The topological polar surface area (TPSA) is 52.6 Å². The molecule has 0 aliphatic carbocycles. The van der Waals surface area contributed by atoms with Crippen LogP contribution in [-0.4, -0.2) is 25.2 Å². The zero-order valence-corrected chi connectivity index (χ0v) is 19.1. The molecule has 154 valence electrons. The lowest BCUT2D eigenvalue weighted by molar-refractivity contribution is -0.168. The third kappa shape index (κ3) is 5.41. The quantitative estimate of drug-likeness (QED) is 0.249. The Morgan fingerprint density at radius 1 is 1.03 bits per heavy atom. The summed E-state index contributed by atoms with van der Waals surface area (Å²) in [5.41, 5.74) is -0.803. The lowest BCUT2D eigenvalue weighted by Gasteiger charge is -2.31. The van der Waals surface area contributed by atoms with Gasteiger partial charge in [0.2, 0.25) is 5.41 Å². The molecule has 1 atom stereocenters. The van der Waals surface area contributed by atoms with Gasteiger partial charge in [0.15, 0.2) is 0 Å². The molecule has 1 unspecified atom stereocenters. The minimum absolute atomic E-state index is 0.0683. The summed E-state index contributed by atoms with van der Waals surface area (Å²) in [7, 11) is 0. The van der Waals surface area contributed by atoms with Gasteiger partial charge >= 0.3 is 11.9 Å². The summed E-state index contributed by atoms with van der Waals surface area (Å²) >= 11 is 16.7. The minimum atomic E-state index is -1.97. The van der Waals surface area contributed by atoms with Gasteiger partial charge in [0.25, 0.3) is 0 Å². The molecule has 0 aliphatic heterocycles. The van der Waals surface area contributed by atoms with Crippen LogP contribution in [0.1, 0.15) is 30.4 Å².